The van der Waals surface area contributed by atoms with Gasteiger partial charge in [-0.25, -0.2) is 4.79 Å². The van der Waals surface area contributed by atoms with Crippen LogP contribution in [0.4, 0.5) is 4.79 Å². The number of carbonyl (C=O) groups is 1. The van der Waals surface area contributed by atoms with Crippen molar-refractivity contribution in [1.29, 1.82) is 0 Å². The summed E-state index contributed by atoms with van der Waals surface area (Å²) in [5.74, 6) is 0.776. The van der Waals surface area contributed by atoms with E-state index in [0.29, 0.717) is 12.6 Å². The van der Waals surface area contributed by atoms with E-state index in [1.165, 1.54) is 12.8 Å². The molecule has 0 radical (unpaired) electrons. The molecule has 4 heteroatoms. The van der Waals surface area contributed by atoms with Gasteiger partial charge in [0.25, 0.3) is 0 Å². The number of likely N-dealkylation sites (N-methyl/N-ethyl adjacent to an activating group) is 1. The van der Waals surface area contributed by atoms with Gasteiger partial charge in [-0.15, -0.1) is 0 Å². The minimum atomic E-state index is -0.152. The highest BCUT2D eigenvalue weighted by Gasteiger charge is 2.33. The topological polar surface area (TPSA) is 41.6 Å². The van der Waals surface area contributed by atoms with Crippen LogP contribution in [0, 0.1) is 5.92 Å². The monoisotopic (exact) mass is 184 g/mol. The summed E-state index contributed by atoms with van der Waals surface area (Å²) in [5.41, 5.74) is 0. The van der Waals surface area contributed by atoms with Crippen LogP contribution in [-0.2, 0) is 4.74 Å². The maximum atomic E-state index is 11.1. The predicted molar refractivity (Wildman–Crippen MR) is 48.5 cm³/mol. The molecule has 2 rings (SSSR count). The maximum Gasteiger partial charge on any atom is 0.409 e. The Bertz CT molecular complexity index is 204. The Morgan fingerprint density at radius 2 is 2.46 bits per heavy atom. The van der Waals surface area contributed by atoms with Gasteiger partial charge in [-0.05, 0) is 25.8 Å². The Morgan fingerprint density at radius 1 is 1.69 bits per heavy atom. The molecular weight excluding hydrogens is 168 g/mol. The highest BCUT2D eigenvalue weighted by Crippen LogP contribution is 2.33. The Morgan fingerprint density at radius 3 is 2.92 bits per heavy atom. The number of cyclic esters (lactones) is 1. The van der Waals surface area contributed by atoms with Crippen LogP contribution >= 0.6 is 0 Å². The van der Waals surface area contributed by atoms with E-state index < -0.39 is 0 Å². The summed E-state index contributed by atoms with van der Waals surface area (Å²) >= 11 is 0. The van der Waals surface area contributed by atoms with Crippen LogP contribution < -0.4 is 5.32 Å². The van der Waals surface area contributed by atoms with Crippen molar-refractivity contribution >= 4 is 6.09 Å². The molecule has 1 unspecified atom stereocenters. The number of hydrogen-bond acceptors (Lipinski definition) is 3. The van der Waals surface area contributed by atoms with Gasteiger partial charge >= 0.3 is 6.09 Å². The Kier molecular flexibility index (Phi) is 2.40. The van der Waals surface area contributed by atoms with Gasteiger partial charge in [0.1, 0.15) is 6.61 Å². The molecule has 0 aromatic rings. The SMILES string of the molecule is CNC(CN1CCOC1=O)C1CC1. The predicted octanol–water partition coefficient (Wildman–Crippen LogP) is 0.437. The van der Waals surface area contributed by atoms with E-state index in [2.05, 4.69) is 5.32 Å². The molecule has 1 aliphatic heterocycles. The van der Waals surface area contributed by atoms with Crippen molar-refractivity contribution < 1.29 is 9.53 Å². The molecule has 1 heterocycles. The van der Waals surface area contributed by atoms with Crippen molar-refractivity contribution in [2.24, 2.45) is 5.92 Å². The average molecular weight is 184 g/mol. The number of carbonyl (C=O) groups excluding carboxylic acids is 1. The third kappa shape index (κ3) is 1.94. The van der Waals surface area contributed by atoms with Crippen molar-refractivity contribution in [2.75, 3.05) is 26.7 Å². The quantitative estimate of drug-likeness (QED) is 0.689. The van der Waals surface area contributed by atoms with Crippen LogP contribution in [0.5, 0.6) is 0 Å². The maximum absolute atomic E-state index is 11.1. The van der Waals surface area contributed by atoms with Crippen LogP contribution in [0.3, 0.4) is 0 Å². The Labute approximate surface area is 78.2 Å². The van der Waals surface area contributed by atoms with Gasteiger partial charge in [-0.1, -0.05) is 0 Å². The molecule has 1 saturated heterocycles. The molecule has 13 heavy (non-hydrogen) atoms. The molecule has 0 aromatic heterocycles. The summed E-state index contributed by atoms with van der Waals surface area (Å²) in [7, 11) is 1.96. The number of rotatable bonds is 4. The van der Waals surface area contributed by atoms with E-state index in [4.69, 9.17) is 4.74 Å². The lowest BCUT2D eigenvalue weighted by Gasteiger charge is -2.21. The molecule has 1 amide bonds. The van der Waals surface area contributed by atoms with E-state index in [1.807, 2.05) is 7.05 Å². The van der Waals surface area contributed by atoms with Crippen LogP contribution in [0.1, 0.15) is 12.8 Å². The first-order chi connectivity index (χ1) is 6.31. The lowest BCUT2D eigenvalue weighted by Crippen LogP contribution is -2.41. The molecule has 4 nitrogen and oxygen atoms in total. The molecule has 1 N–H and O–H groups in total. The number of amides is 1. The lowest BCUT2D eigenvalue weighted by atomic mass is 10.2. The molecule has 0 spiro atoms. The number of ether oxygens (including phenoxy) is 1. The second-order valence-electron chi connectivity index (χ2n) is 3.79. The van der Waals surface area contributed by atoms with E-state index in [0.717, 1.165) is 19.0 Å². The number of nitrogens with one attached hydrogen (secondary N) is 1. The number of hydrogen-bond donors (Lipinski definition) is 1. The van der Waals surface area contributed by atoms with E-state index in [1.54, 1.807) is 4.90 Å². The molecular formula is C9H16N2O2. The van der Waals surface area contributed by atoms with E-state index >= 15 is 0 Å². The smallest absolute Gasteiger partial charge is 0.409 e. The lowest BCUT2D eigenvalue weighted by molar-refractivity contribution is 0.155. The van der Waals surface area contributed by atoms with Gasteiger partial charge in [0.05, 0.1) is 6.54 Å². The zero-order valence-electron chi connectivity index (χ0n) is 7.95. The van der Waals surface area contributed by atoms with Gasteiger partial charge in [0.2, 0.25) is 0 Å². The van der Waals surface area contributed by atoms with Crippen molar-refractivity contribution in [3.63, 3.8) is 0 Å². The van der Waals surface area contributed by atoms with Crippen LogP contribution in [0.25, 0.3) is 0 Å². The van der Waals surface area contributed by atoms with Gasteiger partial charge in [0, 0.05) is 12.6 Å². The fourth-order valence-electron chi connectivity index (χ4n) is 1.80. The first-order valence-electron chi connectivity index (χ1n) is 4.90. The van der Waals surface area contributed by atoms with Crippen LogP contribution in [0.2, 0.25) is 0 Å². The van der Waals surface area contributed by atoms with Crippen molar-refractivity contribution in [3.8, 4) is 0 Å². The fraction of sp³-hybridized carbons (Fsp3) is 0.889. The van der Waals surface area contributed by atoms with Gasteiger partial charge in [0.15, 0.2) is 0 Å². The molecule has 1 atom stereocenters. The molecule has 2 aliphatic rings. The highest BCUT2D eigenvalue weighted by atomic mass is 16.6. The average Bonchev–Trinajstić information content (AvgIpc) is 2.88. The molecule has 1 aliphatic carbocycles. The zero-order chi connectivity index (χ0) is 9.26. The minimum Gasteiger partial charge on any atom is -0.448 e. The van der Waals surface area contributed by atoms with Gasteiger partial charge < -0.3 is 15.0 Å². The van der Waals surface area contributed by atoms with Crippen molar-refractivity contribution in [2.45, 2.75) is 18.9 Å². The molecule has 1 saturated carbocycles. The Hall–Kier alpha value is -0.770. The first-order valence-corrected chi connectivity index (χ1v) is 4.90. The molecule has 74 valence electrons. The summed E-state index contributed by atoms with van der Waals surface area (Å²) in [6, 6.07) is 0.464. The normalized spacial score (nSPS) is 24.7. The Balaban J connectivity index is 1.83. The standard InChI is InChI=1S/C9H16N2O2/c1-10-8(7-2-3-7)6-11-4-5-13-9(11)12/h7-8,10H,2-6H2,1H3. The largest absolute Gasteiger partial charge is 0.448 e. The van der Waals surface area contributed by atoms with Crippen molar-refractivity contribution in [1.82, 2.24) is 10.2 Å². The summed E-state index contributed by atoms with van der Waals surface area (Å²) in [5, 5.41) is 3.26. The van der Waals surface area contributed by atoms with Gasteiger partial charge in [-0.3, -0.25) is 0 Å². The molecule has 2 fully saturated rings. The van der Waals surface area contributed by atoms with Crippen LogP contribution in [0.15, 0.2) is 0 Å². The summed E-state index contributed by atoms with van der Waals surface area (Å²) in [6.07, 6.45) is 2.45. The minimum absolute atomic E-state index is 0.152. The molecule has 0 bridgehead atoms. The van der Waals surface area contributed by atoms with Gasteiger partial charge in [-0.2, -0.15) is 0 Å². The molecule has 0 aromatic carbocycles. The third-order valence-corrected chi connectivity index (χ3v) is 2.82. The summed E-state index contributed by atoms with van der Waals surface area (Å²) < 4.78 is 4.87. The summed E-state index contributed by atoms with van der Waals surface area (Å²) in [4.78, 5) is 12.9. The second kappa shape index (κ2) is 3.54. The zero-order valence-corrected chi connectivity index (χ0v) is 7.95. The van der Waals surface area contributed by atoms with E-state index in [-0.39, 0.29) is 6.09 Å². The highest BCUT2D eigenvalue weighted by molar-refractivity contribution is 5.69. The fourth-order valence-corrected chi connectivity index (χ4v) is 1.80. The number of nitrogens with zero attached hydrogens (tertiary/aromatic N) is 1. The third-order valence-electron chi connectivity index (χ3n) is 2.82. The van der Waals surface area contributed by atoms with E-state index in [9.17, 15) is 4.79 Å². The van der Waals surface area contributed by atoms with Crippen molar-refractivity contribution in [3.05, 3.63) is 0 Å². The second-order valence-corrected chi connectivity index (χ2v) is 3.79. The first kappa shape index (κ1) is 8.81. The summed E-state index contributed by atoms with van der Waals surface area (Å²) in [6.45, 7) is 2.11. The van der Waals surface area contributed by atoms with Crippen LogP contribution in [-0.4, -0.2) is 43.8 Å².